The van der Waals surface area contributed by atoms with Crippen LogP contribution in [0.4, 0.5) is 17.3 Å². The lowest BCUT2D eigenvalue weighted by Gasteiger charge is -2.09. The molecule has 0 aliphatic heterocycles. The van der Waals surface area contributed by atoms with Gasteiger partial charge in [0.1, 0.15) is 5.75 Å². The van der Waals surface area contributed by atoms with Crippen LogP contribution in [0.25, 0.3) is 11.0 Å². The highest BCUT2D eigenvalue weighted by molar-refractivity contribution is 5.80. The fourth-order valence-electron chi connectivity index (χ4n) is 1.92. The molecule has 2 aromatic carbocycles. The number of nitrogens with two attached hydrogens (primary N) is 1. The van der Waals surface area contributed by atoms with Crippen molar-refractivity contribution >= 4 is 28.4 Å². The highest BCUT2D eigenvalue weighted by Gasteiger charge is 2.06. The predicted molar refractivity (Wildman–Crippen MR) is 80.2 cm³/mol. The Hall–Kier alpha value is -2.82. The number of benzene rings is 2. The number of nitrogens with zero attached hydrogens (tertiary/aromatic N) is 2. The molecule has 0 unspecified atom stereocenters. The Balaban J connectivity index is 1.94. The van der Waals surface area contributed by atoms with Crippen LogP contribution in [-0.2, 0) is 0 Å². The summed E-state index contributed by atoms with van der Waals surface area (Å²) in [6, 6.07) is 15.2. The summed E-state index contributed by atoms with van der Waals surface area (Å²) in [5.41, 5.74) is 8.39. The van der Waals surface area contributed by atoms with Gasteiger partial charge in [0.15, 0.2) is 11.6 Å². The van der Waals surface area contributed by atoms with Crippen molar-refractivity contribution in [2.45, 2.75) is 0 Å². The van der Waals surface area contributed by atoms with Crippen molar-refractivity contribution in [1.82, 2.24) is 9.97 Å². The van der Waals surface area contributed by atoms with Crippen molar-refractivity contribution in [3.8, 4) is 5.75 Å². The Bertz CT molecular complexity index is 740. The summed E-state index contributed by atoms with van der Waals surface area (Å²) >= 11 is 0. The van der Waals surface area contributed by atoms with Gasteiger partial charge < -0.3 is 15.8 Å². The van der Waals surface area contributed by atoms with Crippen LogP contribution in [0.1, 0.15) is 0 Å². The molecule has 0 amide bonds. The maximum absolute atomic E-state index is 5.93. The van der Waals surface area contributed by atoms with Crippen LogP contribution in [0, 0.1) is 0 Å². The van der Waals surface area contributed by atoms with Gasteiger partial charge in [-0.3, -0.25) is 0 Å². The lowest BCUT2D eigenvalue weighted by atomic mass is 10.3. The van der Waals surface area contributed by atoms with Crippen LogP contribution in [0.2, 0.25) is 0 Å². The molecular weight excluding hydrogens is 252 g/mol. The summed E-state index contributed by atoms with van der Waals surface area (Å²) in [4.78, 5) is 8.82. The molecular formula is C15H14N4O. The van der Waals surface area contributed by atoms with E-state index in [-0.39, 0.29) is 0 Å². The second kappa shape index (κ2) is 5.05. The molecule has 1 aromatic heterocycles. The molecule has 0 saturated heterocycles. The molecule has 0 bridgehead atoms. The molecule has 0 radical (unpaired) electrons. The fourth-order valence-corrected chi connectivity index (χ4v) is 1.92. The summed E-state index contributed by atoms with van der Waals surface area (Å²) in [5, 5.41) is 3.16. The van der Waals surface area contributed by atoms with E-state index in [1.54, 1.807) is 7.11 Å². The van der Waals surface area contributed by atoms with Gasteiger partial charge in [-0.1, -0.05) is 12.1 Å². The topological polar surface area (TPSA) is 73.1 Å². The third kappa shape index (κ3) is 2.33. The van der Waals surface area contributed by atoms with Gasteiger partial charge in [0.05, 0.1) is 18.1 Å². The molecule has 0 atom stereocenters. The molecule has 100 valence electrons. The van der Waals surface area contributed by atoms with E-state index in [1.165, 1.54) is 0 Å². The molecule has 0 fully saturated rings. The maximum Gasteiger partial charge on any atom is 0.174 e. The van der Waals surface area contributed by atoms with Crippen LogP contribution >= 0.6 is 0 Å². The van der Waals surface area contributed by atoms with Crippen molar-refractivity contribution in [3.63, 3.8) is 0 Å². The van der Waals surface area contributed by atoms with Crippen molar-refractivity contribution in [2.75, 3.05) is 18.2 Å². The molecule has 5 nitrogen and oxygen atoms in total. The monoisotopic (exact) mass is 266 g/mol. The van der Waals surface area contributed by atoms with E-state index in [2.05, 4.69) is 15.3 Å². The quantitative estimate of drug-likeness (QED) is 0.762. The Morgan fingerprint density at radius 2 is 1.60 bits per heavy atom. The van der Waals surface area contributed by atoms with Gasteiger partial charge >= 0.3 is 0 Å². The van der Waals surface area contributed by atoms with E-state index < -0.39 is 0 Å². The molecule has 5 heteroatoms. The molecule has 20 heavy (non-hydrogen) atoms. The maximum atomic E-state index is 5.93. The van der Waals surface area contributed by atoms with Crippen molar-refractivity contribution in [1.29, 1.82) is 0 Å². The Morgan fingerprint density at radius 3 is 2.25 bits per heavy atom. The Kier molecular flexibility index (Phi) is 3.09. The number of nitrogens with one attached hydrogen (secondary N) is 1. The molecule has 0 saturated carbocycles. The number of rotatable bonds is 3. The first-order chi connectivity index (χ1) is 9.76. The summed E-state index contributed by atoms with van der Waals surface area (Å²) in [6.45, 7) is 0. The van der Waals surface area contributed by atoms with Crippen LogP contribution in [-0.4, -0.2) is 17.1 Å². The number of para-hydroxylation sites is 2. The zero-order valence-electron chi connectivity index (χ0n) is 11.0. The summed E-state index contributed by atoms with van der Waals surface area (Å²) < 4.78 is 5.12. The number of fused-ring (bicyclic) bond motifs is 1. The van der Waals surface area contributed by atoms with Crippen molar-refractivity contribution in [2.24, 2.45) is 0 Å². The highest BCUT2D eigenvalue weighted by atomic mass is 16.5. The van der Waals surface area contributed by atoms with Gasteiger partial charge in [-0.25, -0.2) is 9.97 Å². The molecule has 0 aliphatic carbocycles. The second-order valence-corrected chi connectivity index (χ2v) is 4.30. The van der Waals surface area contributed by atoms with E-state index in [4.69, 9.17) is 10.5 Å². The average molecular weight is 266 g/mol. The largest absolute Gasteiger partial charge is 0.497 e. The minimum Gasteiger partial charge on any atom is -0.497 e. The van der Waals surface area contributed by atoms with Crippen LogP contribution in [0.5, 0.6) is 5.75 Å². The first kappa shape index (κ1) is 12.2. The lowest BCUT2D eigenvalue weighted by Crippen LogP contribution is -2.02. The van der Waals surface area contributed by atoms with Crippen LogP contribution < -0.4 is 15.8 Å². The van der Waals surface area contributed by atoms with Gasteiger partial charge in [0, 0.05) is 5.69 Å². The number of methoxy groups -OCH3 is 1. The number of nitrogen functional groups attached to an aromatic ring is 1. The van der Waals surface area contributed by atoms with E-state index >= 15 is 0 Å². The van der Waals surface area contributed by atoms with Crippen molar-refractivity contribution < 1.29 is 4.74 Å². The van der Waals surface area contributed by atoms with Crippen molar-refractivity contribution in [3.05, 3.63) is 48.5 Å². The number of hydrogen-bond acceptors (Lipinski definition) is 5. The van der Waals surface area contributed by atoms with E-state index in [1.807, 2.05) is 48.5 Å². The Labute approximate surface area is 116 Å². The Morgan fingerprint density at radius 1 is 0.950 bits per heavy atom. The van der Waals surface area contributed by atoms with Crippen LogP contribution in [0.3, 0.4) is 0 Å². The minimum absolute atomic E-state index is 0.375. The van der Waals surface area contributed by atoms with E-state index in [9.17, 15) is 0 Å². The van der Waals surface area contributed by atoms with Gasteiger partial charge in [0.25, 0.3) is 0 Å². The molecule has 0 aliphatic rings. The second-order valence-electron chi connectivity index (χ2n) is 4.30. The predicted octanol–water partition coefficient (Wildman–Crippen LogP) is 2.96. The molecule has 3 rings (SSSR count). The van der Waals surface area contributed by atoms with Gasteiger partial charge in [-0.2, -0.15) is 0 Å². The first-order valence-corrected chi connectivity index (χ1v) is 6.19. The normalized spacial score (nSPS) is 10.4. The minimum atomic E-state index is 0.375. The molecule has 0 spiro atoms. The number of aromatic nitrogens is 2. The zero-order valence-corrected chi connectivity index (χ0v) is 11.0. The number of ether oxygens (including phenoxy) is 1. The average Bonchev–Trinajstić information content (AvgIpc) is 2.49. The van der Waals surface area contributed by atoms with Crippen LogP contribution in [0.15, 0.2) is 48.5 Å². The summed E-state index contributed by atoms with van der Waals surface area (Å²) in [6.07, 6.45) is 0. The SMILES string of the molecule is COc1ccc(Nc2nc3ccccc3nc2N)cc1. The third-order valence-corrected chi connectivity index (χ3v) is 2.95. The first-order valence-electron chi connectivity index (χ1n) is 6.19. The lowest BCUT2D eigenvalue weighted by molar-refractivity contribution is 0.415. The third-order valence-electron chi connectivity index (χ3n) is 2.95. The smallest absolute Gasteiger partial charge is 0.174 e. The van der Waals surface area contributed by atoms with E-state index in [0.29, 0.717) is 11.6 Å². The highest BCUT2D eigenvalue weighted by Crippen LogP contribution is 2.23. The van der Waals surface area contributed by atoms with Gasteiger partial charge in [-0.15, -0.1) is 0 Å². The van der Waals surface area contributed by atoms with Gasteiger partial charge in [-0.05, 0) is 36.4 Å². The standard InChI is InChI=1S/C15H14N4O/c1-20-11-8-6-10(7-9-11)17-15-14(16)18-12-4-2-3-5-13(12)19-15/h2-9H,1H3,(H2,16,18)(H,17,19). The molecule has 1 heterocycles. The van der Waals surface area contributed by atoms with Gasteiger partial charge in [0.2, 0.25) is 0 Å². The number of hydrogen-bond donors (Lipinski definition) is 2. The summed E-state index contributed by atoms with van der Waals surface area (Å²) in [7, 11) is 1.63. The zero-order chi connectivity index (χ0) is 13.9. The molecule has 3 aromatic rings. The summed E-state index contributed by atoms with van der Waals surface area (Å²) in [5.74, 6) is 1.72. The number of anilines is 3. The fraction of sp³-hybridized carbons (Fsp3) is 0.0667. The van der Waals surface area contributed by atoms with E-state index in [0.717, 1.165) is 22.5 Å². The molecule has 3 N–H and O–H groups in total.